The molecule has 8 heteroatoms. The third kappa shape index (κ3) is 3.49. The lowest BCUT2D eigenvalue weighted by Crippen LogP contribution is -2.39. The molecule has 1 saturated heterocycles. The Morgan fingerprint density at radius 3 is 2.66 bits per heavy atom. The summed E-state index contributed by atoms with van der Waals surface area (Å²) in [4.78, 5) is 46.5. The molecule has 2 aromatic heterocycles. The van der Waals surface area contributed by atoms with Crippen LogP contribution in [0.25, 0.3) is 5.65 Å². The first-order chi connectivity index (χ1) is 15.4. The minimum atomic E-state index is -0.172. The van der Waals surface area contributed by atoms with Crippen molar-refractivity contribution in [3.05, 3.63) is 68.8 Å². The topological polar surface area (TPSA) is 90.8 Å². The number of likely N-dealkylation sites (tertiary alicyclic amines) is 1. The number of hydrogen-bond donors (Lipinski definition) is 1. The van der Waals surface area contributed by atoms with Crippen molar-refractivity contribution in [3.8, 4) is 0 Å². The lowest BCUT2D eigenvalue weighted by molar-refractivity contribution is -0.129. The Morgan fingerprint density at radius 1 is 1.12 bits per heavy atom. The average molecular weight is 434 g/mol. The zero-order chi connectivity index (χ0) is 22.4. The molecular weight excluding hydrogens is 406 g/mol. The molecule has 32 heavy (non-hydrogen) atoms. The number of rotatable bonds is 2. The molecule has 2 aliphatic rings. The van der Waals surface area contributed by atoms with Gasteiger partial charge in [0.1, 0.15) is 0 Å². The van der Waals surface area contributed by atoms with Crippen molar-refractivity contribution < 1.29 is 9.59 Å². The highest BCUT2D eigenvalue weighted by Crippen LogP contribution is 2.32. The predicted octanol–water partition coefficient (Wildman–Crippen LogP) is 2.60. The smallest absolute Gasteiger partial charge is 0.277 e. The summed E-state index contributed by atoms with van der Waals surface area (Å²) < 4.78 is 1.46. The zero-order valence-electron chi connectivity index (χ0n) is 18.4. The molecule has 1 fully saturated rings. The van der Waals surface area contributed by atoms with E-state index in [1.165, 1.54) is 11.4 Å². The highest BCUT2D eigenvalue weighted by atomic mass is 16.2. The van der Waals surface area contributed by atoms with Crippen LogP contribution in [0.3, 0.4) is 0 Å². The minimum absolute atomic E-state index is 0.00468. The second-order valence-corrected chi connectivity index (χ2v) is 8.81. The summed E-state index contributed by atoms with van der Waals surface area (Å²) in [6, 6.07) is 9.40. The van der Waals surface area contributed by atoms with Crippen LogP contribution < -0.4 is 5.56 Å². The monoisotopic (exact) mass is 433 g/mol. The molecule has 0 aliphatic carbocycles. The fourth-order valence-electron chi connectivity index (χ4n) is 4.80. The van der Waals surface area contributed by atoms with Crippen molar-refractivity contribution >= 4 is 17.5 Å². The molecule has 0 saturated carbocycles. The fourth-order valence-corrected chi connectivity index (χ4v) is 4.80. The van der Waals surface area contributed by atoms with Gasteiger partial charge in [0.25, 0.3) is 11.5 Å². The zero-order valence-corrected chi connectivity index (χ0v) is 18.4. The molecule has 0 bridgehead atoms. The van der Waals surface area contributed by atoms with E-state index in [0.717, 1.165) is 36.2 Å². The van der Waals surface area contributed by atoms with Crippen LogP contribution in [-0.4, -0.2) is 49.3 Å². The van der Waals surface area contributed by atoms with Crippen molar-refractivity contribution in [1.82, 2.24) is 24.4 Å². The standard InChI is InChI=1S/C24H27N5O3/c1-15-6-8-17(9-7-15)23(31)28-11-4-3-5-21(28)20-13-22-25-19-10-12-27(16(2)30)14-18(19)24(32)29(22)26-20/h6-9,13,21,26H,3-5,10-12,14H2,1-2H3/t21-/m1/s1. The number of hydrogen-bond acceptors (Lipinski definition) is 4. The van der Waals surface area contributed by atoms with E-state index in [9.17, 15) is 14.4 Å². The van der Waals surface area contributed by atoms with E-state index in [2.05, 4.69) is 5.10 Å². The van der Waals surface area contributed by atoms with Crippen molar-refractivity contribution in [2.45, 2.75) is 52.1 Å². The van der Waals surface area contributed by atoms with Crippen molar-refractivity contribution in [1.29, 1.82) is 0 Å². The number of nitrogens with zero attached hydrogens (tertiary/aromatic N) is 4. The first kappa shape index (κ1) is 20.5. The number of nitrogens with one attached hydrogen (secondary N) is 1. The molecule has 2 amide bonds. The van der Waals surface area contributed by atoms with Gasteiger partial charge < -0.3 is 9.80 Å². The van der Waals surface area contributed by atoms with Crippen LogP contribution >= 0.6 is 0 Å². The number of H-pyrrole nitrogens is 1. The molecular formula is C24H27N5O3. The van der Waals surface area contributed by atoms with Crippen LogP contribution in [-0.2, 0) is 17.8 Å². The van der Waals surface area contributed by atoms with Gasteiger partial charge in [0.05, 0.1) is 29.5 Å². The molecule has 5 rings (SSSR count). The quantitative estimate of drug-likeness (QED) is 0.673. The number of aryl methyl sites for hydroxylation is 1. The van der Waals surface area contributed by atoms with E-state index in [4.69, 9.17) is 4.98 Å². The minimum Gasteiger partial charge on any atom is -0.338 e. The fraction of sp³-hybridized carbons (Fsp3) is 0.417. The van der Waals surface area contributed by atoms with Gasteiger partial charge >= 0.3 is 0 Å². The molecule has 4 heterocycles. The van der Waals surface area contributed by atoms with Gasteiger partial charge in [-0.1, -0.05) is 17.7 Å². The van der Waals surface area contributed by atoms with E-state index in [1.807, 2.05) is 42.2 Å². The Hall–Kier alpha value is -3.42. The second-order valence-electron chi connectivity index (χ2n) is 8.81. The number of piperidine rings is 1. The third-order valence-corrected chi connectivity index (χ3v) is 6.65. The van der Waals surface area contributed by atoms with E-state index in [-0.39, 0.29) is 30.0 Å². The van der Waals surface area contributed by atoms with Crippen molar-refractivity contribution in [2.24, 2.45) is 0 Å². The Morgan fingerprint density at radius 2 is 1.91 bits per heavy atom. The van der Waals surface area contributed by atoms with Crippen LogP contribution in [0.5, 0.6) is 0 Å². The molecule has 2 aliphatic heterocycles. The maximum atomic E-state index is 13.3. The Labute approximate surface area is 185 Å². The van der Waals surface area contributed by atoms with Crippen LogP contribution in [0.15, 0.2) is 35.1 Å². The third-order valence-electron chi connectivity index (χ3n) is 6.65. The molecule has 0 radical (unpaired) electrons. The number of aromatic nitrogens is 3. The normalized spacial score (nSPS) is 18.6. The highest BCUT2D eigenvalue weighted by molar-refractivity contribution is 5.94. The van der Waals surface area contributed by atoms with E-state index >= 15 is 0 Å². The largest absolute Gasteiger partial charge is 0.338 e. The van der Waals surface area contributed by atoms with Gasteiger partial charge in [0.15, 0.2) is 5.65 Å². The number of amides is 2. The van der Waals surface area contributed by atoms with Gasteiger partial charge in [-0.2, -0.15) is 0 Å². The molecule has 0 unspecified atom stereocenters. The van der Waals surface area contributed by atoms with Crippen LogP contribution in [0.4, 0.5) is 0 Å². The molecule has 0 spiro atoms. The summed E-state index contributed by atoms with van der Waals surface area (Å²) in [5.74, 6) is -0.0372. The molecule has 3 aromatic rings. The average Bonchev–Trinajstić information content (AvgIpc) is 3.23. The summed E-state index contributed by atoms with van der Waals surface area (Å²) in [5.41, 5.74) is 4.32. The van der Waals surface area contributed by atoms with Crippen LogP contribution in [0.2, 0.25) is 0 Å². The highest BCUT2D eigenvalue weighted by Gasteiger charge is 2.31. The number of aromatic amines is 1. The maximum absolute atomic E-state index is 13.3. The Bertz CT molecular complexity index is 1260. The molecule has 166 valence electrons. The van der Waals surface area contributed by atoms with Gasteiger partial charge in [-0.05, 0) is 38.3 Å². The lowest BCUT2D eigenvalue weighted by Gasteiger charge is -2.35. The van der Waals surface area contributed by atoms with Gasteiger partial charge in [0.2, 0.25) is 5.91 Å². The maximum Gasteiger partial charge on any atom is 0.277 e. The number of fused-ring (bicyclic) bond motifs is 2. The lowest BCUT2D eigenvalue weighted by atomic mass is 9.98. The summed E-state index contributed by atoms with van der Waals surface area (Å²) in [6.45, 7) is 5.06. The second kappa shape index (κ2) is 7.93. The number of carbonyl (C=O) groups excluding carboxylic acids is 2. The van der Waals surface area contributed by atoms with Crippen molar-refractivity contribution in [3.63, 3.8) is 0 Å². The molecule has 8 nitrogen and oxygen atoms in total. The first-order valence-electron chi connectivity index (χ1n) is 11.2. The Balaban J connectivity index is 1.51. The summed E-state index contributed by atoms with van der Waals surface area (Å²) in [6.07, 6.45) is 3.38. The number of carbonyl (C=O) groups is 2. The molecule has 1 atom stereocenters. The summed E-state index contributed by atoms with van der Waals surface area (Å²) in [7, 11) is 0. The van der Waals surface area contributed by atoms with Crippen LogP contribution in [0, 0.1) is 6.92 Å². The van der Waals surface area contributed by atoms with Gasteiger partial charge in [-0.25, -0.2) is 9.50 Å². The molecule has 1 aromatic carbocycles. The first-order valence-corrected chi connectivity index (χ1v) is 11.2. The van der Waals surface area contributed by atoms with Gasteiger partial charge in [0, 0.05) is 38.1 Å². The van der Waals surface area contributed by atoms with Gasteiger partial charge in [-0.15, -0.1) is 0 Å². The summed E-state index contributed by atoms with van der Waals surface area (Å²) >= 11 is 0. The Kier molecular flexibility index (Phi) is 5.07. The SMILES string of the molecule is CC(=O)N1CCc2nc3cc([C@H]4CCCCN4C(=O)c4ccc(C)cc4)[nH]n3c(=O)c2C1. The van der Waals surface area contributed by atoms with E-state index in [1.54, 1.807) is 4.90 Å². The molecule has 1 N–H and O–H groups in total. The summed E-state index contributed by atoms with van der Waals surface area (Å²) in [5, 5.41) is 3.22. The number of benzene rings is 1. The van der Waals surface area contributed by atoms with Gasteiger partial charge in [-0.3, -0.25) is 19.5 Å². The predicted molar refractivity (Wildman–Crippen MR) is 119 cm³/mol. The van der Waals surface area contributed by atoms with E-state index < -0.39 is 0 Å². The van der Waals surface area contributed by atoms with E-state index in [0.29, 0.717) is 36.3 Å². The van der Waals surface area contributed by atoms with Crippen LogP contribution in [0.1, 0.15) is 65.1 Å². The van der Waals surface area contributed by atoms with Crippen molar-refractivity contribution in [2.75, 3.05) is 13.1 Å².